The van der Waals surface area contributed by atoms with E-state index in [1.165, 1.54) is 0 Å². The molecule has 0 atom stereocenters. The van der Waals surface area contributed by atoms with Crippen LogP contribution in [-0.4, -0.2) is 19.4 Å². The molecule has 0 unspecified atom stereocenters. The summed E-state index contributed by atoms with van der Waals surface area (Å²) >= 11 is 2.20. The van der Waals surface area contributed by atoms with Gasteiger partial charge in [0.1, 0.15) is 3.70 Å². The van der Waals surface area contributed by atoms with Crippen LogP contribution in [0.3, 0.4) is 0 Å². The van der Waals surface area contributed by atoms with Crippen LogP contribution in [0.5, 0.6) is 0 Å². The highest BCUT2D eigenvalue weighted by molar-refractivity contribution is 14.1. The van der Waals surface area contributed by atoms with Crippen molar-refractivity contribution in [3.63, 3.8) is 0 Å². The highest BCUT2D eigenvalue weighted by atomic mass is 127. The maximum Gasteiger partial charge on any atom is 0.234 e. The number of benzene rings is 1. The van der Waals surface area contributed by atoms with Crippen molar-refractivity contribution in [2.75, 3.05) is 5.43 Å². The number of halogens is 1. The Balaban J connectivity index is 1.40. The van der Waals surface area contributed by atoms with E-state index in [1.54, 1.807) is 12.4 Å². The Morgan fingerprint density at radius 1 is 1.04 bits per heavy atom. The minimum absolute atomic E-state index is 0.697. The van der Waals surface area contributed by atoms with Crippen molar-refractivity contribution in [2.24, 2.45) is 0 Å². The number of imidazole rings is 1. The lowest BCUT2D eigenvalue weighted by Gasteiger charge is -2.06. The zero-order valence-corrected chi connectivity index (χ0v) is 15.8. The van der Waals surface area contributed by atoms with Gasteiger partial charge in [0.2, 0.25) is 5.78 Å². The zero-order valence-electron chi connectivity index (χ0n) is 13.7. The van der Waals surface area contributed by atoms with E-state index >= 15 is 0 Å². The first-order chi connectivity index (χ1) is 12.8. The Bertz CT molecular complexity index is 1020. The third-order valence-corrected chi connectivity index (χ3v) is 4.33. The second-order valence-corrected chi connectivity index (χ2v) is 6.65. The molecule has 0 radical (unpaired) electrons. The summed E-state index contributed by atoms with van der Waals surface area (Å²) in [5, 5.41) is 0. The predicted molar refractivity (Wildman–Crippen MR) is 111 cm³/mol. The second kappa shape index (κ2) is 7.52. The lowest BCUT2D eigenvalue weighted by atomic mass is 10.1. The van der Waals surface area contributed by atoms with Gasteiger partial charge in [-0.3, -0.25) is 9.38 Å². The number of nitrogens with zero attached hydrogens (tertiary/aromatic N) is 4. The summed E-state index contributed by atoms with van der Waals surface area (Å²) in [5.74, 6) is 0.697. The van der Waals surface area contributed by atoms with E-state index in [4.69, 9.17) is 0 Å². The Morgan fingerprint density at radius 3 is 2.73 bits per heavy atom. The monoisotopic (exact) mass is 454 g/mol. The lowest BCUT2D eigenvalue weighted by molar-refractivity contribution is 1.06. The number of anilines is 1. The minimum Gasteiger partial charge on any atom is -0.308 e. The van der Waals surface area contributed by atoms with Crippen LogP contribution in [0.4, 0.5) is 5.69 Å². The molecule has 3 heterocycles. The predicted octanol–water partition coefficient (Wildman–Crippen LogP) is 3.98. The summed E-state index contributed by atoms with van der Waals surface area (Å²) in [4.78, 5) is 12.9. The third-order valence-electron chi connectivity index (χ3n) is 3.74. The van der Waals surface area contributed by atoms with Gasteiger partial charge in [0, 0.05) is 36.6 Å². The molecule has 0 aliphatic carbocycles. The van der Waals surface area contributed by atoms with Crippen LogP contribution < -0.4 is 10.9 Å². The van der Waals surface area contributed by atoms with Crippen molar-refractivity contribution in [2.45, 2.75) is 0 Å². The number of pyridine rings is 1. The largest absolute Gasteiger partial charge is 0.308 e. The number of hydrazine groups is 1. The molecule has 6 nitrogen and oxygen atoms in total. The standard InChI is InChI=1S/C19H15IN6/c20-18-12-14(6-9-21-18)7-10-23-25-16-4-2-15(3-5-16)17-13-26-11-1-8-22-19(26)24-17/h1-13,23,25H. The van der Waals surface area contributed by atoms with E-state index in [9.17, 15) is 0 Å². The summed E-state index contributed by atoms with van der Waals surface area (Å²) in [6, 6.07) is 13.9. The van der Waals surface area contributed by atoms with E-state index < -0.39 is 0 Å². The molecule has 1 aromatic carbocycles. The molecule has 0 amide bonds. The Kier molecular flexibility index (Phi) is 4.78. The van der Waals surface area contributed by atoms with Gasteiger partial charge in [-0.25, -0.2) is 9.97 Å². The average molecular weight is 454 g/mol. The molecule has 0 saturated heterocycles. The molecule has 0 fully saturated rings. The number of aromatic nitrogens is 4. The summed E-state index contributed by atoms with van der Waals surface area (Å²) in [6.45, 7) is 0. The maximum atomic E-state index is 4.53. The molecular weight excluding hydrogens is 439 g/mol. The molecule has 4 rings (SSSR count). The molecule has 0 saturated carbocycles. The minimum atomic E-state index is 0.697. The van der Waals surface area contributed by atoms with E-state index in [0.29, 0.717) is 5.78 Å². The smallest absolute Gasteiger partial charge is 0.234 e. The SMILES string of the molecule is Ic1cc(C=CNNc2ccc(-c3cn4cccnc4n3)cc2)ccn1. The first-order valence-corrected chi connectivity index (χ1v) is 9.06. The summed E-state index contributed by atoms with van der Waals surface area (Å²) < 4.78 is 2.88. The zero-order chi connectivity index (χ0) is 17.8. The highest BCUT2D eigenvalue weighted by Gasteiger charge is 2.04. The molecule has 7 heteroatoms. The number of hydrogen-bond acceptors (Lipinski definition) is 5. The second-order valence-electron chi connectivity index (χ2n) is 5.55. The molecule has 0 spiro atoms. The summed E-state index contributed by atoms with van der Waals surface area (Å²) in [7, 11) is 0. The quantitative estimate of drug-likeness (QED) is 0.271. The van der Waals surface area contributed by atoms with Crippen LogP contribution in [0.1, 0.15) is 5.56 Å². The Hall–Kier alpha value is -2.94. The van der Waals surface area contributed by atoms with E-state index in [0.717, 1.165) is 26.2 Å². The molecule has 0 aliphatic rings. The van der Waals surface area contributed by atoms with Gasteiger partial charge in [-0.1, -0.05) is 12.1 Å². The fraction of sp³-hybridized carbons (Fsp3) is 0. The number of fused-ring (bicyclic) bond motifs is 1. The van der Waals surface area contributed by atoms with Gasteiger partial charge in [-0.15, -0.1) is 0 Å². The van der Waals surface area contributed by atoms with Crippen molar-refractivity contribution in [1.29, 1.82) is 0 Å². The molecular formula is C19H15IN6. The first kappa shape index (κ1) is 16.5. The lowest BCUT2D eigenvalue weighted by Crippen LogP contribution is -2.13. The van der Waals surface area contributed by atoms with Crippen molar-refractivity contribution in [3.05, 3.63) is 82.7 Å². The van der Waals surface area contributed by atoms with Crippen LogP contribution in [0.25, 0.3) is 23.1 Å². The van der Waals surface area contributed by atoms with Crippen LogP contribution in [-0.2, 0) is 0 Å². The number of hydrogen-bond donors (Lipinski definition) is 2. The van der Waals surface area contributed by atoms with Gasteiger partial charge in [0.15, 0.2) is 0 Å². The van der Waals surface area contributed by atoms with Crippen molar-refractivity contribution in [1.82, 2.24) is 24.8 Å². The van der Waals surface area contributed by atoms with E-state index in [2.05, 4.69) is 48.4 Å². The summed E-state index contributed by atoms with van der Waals surface area (Å²) in [6.07, 6.45) is 11.3. The van der Waals surface area contributed by atoms with Crippen LogP contribution in [0, 0.1) is 3.70 Å². The molecule has 0 bridgehead atoms. The average Bonchev–Trinajstić information content (AvgIpc) is 3.10. The molecule has 128 valence electrons. The highest BCUT2D eigenvalue weighted by Crippen LogP contribution is 2.20. The molecule has 2 N–H and O–H groups in total. The van der Waals surface area contributed by atoms with Gasteiger partial charge in [0.05, 0.1) is 11.4 Å². The van der Waals surface area contributed by atoms with Gasteiger partial charge in [-0.05, 0) is 64.6 Å². The molecule has 0 aliphatic heterocycles. The number of nitrogens with one attached hydrogen (secondary N) is 2. The normalized spacial score (nSPS) is 11.1. The van der Waals surface area contributed by atoms with Gasteiger partial charge in [0.25, 0.3) is 0 Å². The van der Waals surface area contributed by atoms with Crippen LogP contribution in [0.15, 0.2) is 73.5 Å². The van der Waals surface area contributed by atoms with Crippen molar-refractivity contribution < 1.29 is 0 Å². The van der Waals surface area contributed by atoms with Gasteiger partial charge < -0.3 is 10.9 Å². The first-order valence-electron chi connectivity index (χ1n) is 7.98. The van der Waals surface area contributed by atoms with Crippen molar-refractivity contribution in [3.8, 4) is 11.3 Å². The molecule has 26 heavy (non-hydrogen) atoms. The van der Waals surface area contributed by atoms with Crippen molar-refractivity contribution >= 4 is 40.1 Å². The summed E-state index contributed by atoms with van der Waals surface area (Å²) in [5.41, 5.74) is 10.2. The third kappa shape index (κ3) is 3.83. The Labute approximate surface area is 164 Å². The fourth-order valence-electron chi connectivity index (χ4n) is 2.48. The molecule has 3 aromatic heterocycles. The van der Waals surface area contributed by atoms with E-state index in [-0.39, 0.29) is 0 Å². The Morgan fingerprint density at radius 2 is 1.92 bits per heavy atom. The van der Waals surface area contributed by atoms with Gasteiger partial charge in [-0.2, -0.15) is 0 Å². The van der Waals surface area contributed by atoms with Crippen LogP contribution in [0.2, 0.25) is 0 Å². The fourth-order valence-corrected chi connectivity index (χ4v) is 3.00. The number of rotatable bonds is 5. The topological polar surface area (TPSA) is 67.1 Å². The van der Waals surface area contributed by atoms with Gasteiger partial charge >= 0.3 is 0 Å². The van der Waals surface area contributed by atoms with E-state index in [1.807, 2.05) is 71.5 Å². The maximum absolute atomic E-state index is 4.53. The van der Waals surface area contributed by atoms with Crippen LogP contribution >= 0.6 is 22.6 Å². The molecule has 4 aromatic rings.